The van der Waals surface area contributed by atoms with Gasteiger partial charge in [0.05, 0.1) is 36.4 Å². The van der Waals surface area contributed by atoms with Gasteiger partial charge in [-0.2, -0.15) is 13.2 Å². The van der Waals surface area contributed by atoms with Gasteiger partial charge in [-0.05, 0) is 66.8 Å². The summed E-state index contributed by atoms with van der Waals surface area (Å²) in [5, 5.41) is 2.71. The lowest BCUT2D eigenvalue weighted by Gasteiger charge is -2.31. The fourth-order valence-corrected chi connectivity index (χ4v) is 4.96. The number of nitrogens with zero attached hydrogens (tertiary/aromatic N) is 1. The first-order valence-corrected chi connectivity index (χ1v) is 15.5. The smallest absolute Gasteiger partial charge is 0.416 e. The maximum absolute atomic E-state index is 13.5. The minimum atomic E-state index is -4.52. The number of amides is 2. The van der Waals surface area contributed by atoms with Crippen molar-refractivity contribution < 1.29 is 51.4 Å². The summed E-state index contributed by atoms with van der Waals surface area (Å²) in [5.74, 6) is -4.33. The Balaban J connectivity index is 1.88. The van der Waals surface area contributed by atoms with E-state index in [1.54, 1.807) is 45.9 Å². The molecule has 0 aliphatic heterocycles. The van der Waals surface area contributed by atoms with Crippen molar-refractivity contribution in [1.29, 1.82) is 0 Å². The zero-order chi connectivity index (χ0) is 36.5. The standard InChI is InChI=1S/C36H39F3N2O8/c1-7-47-33(45)35(22(3)4,34(46)48-8-2)21-49-30(42)20-23-13-18-29(28(19-23)32(44)41(5)6)40-31(43)27-12-10-9-11-26(27)24-14-16-25(17-15-24)36(37,38)39/h9-19,22H,7-8,20-21H2,1-6H3,(H,40,43). The topological polar surface area (TPSA) is 128 Å². The van der Waals surface area contributed by atoms with E-state index in [1.807, 2.05) is 0 Å². The monoisotopic (exact) mass is 684 g/mol. The molecule has 0 unspecified atom stereocenters. The van der Waals surface area contributed by atoms with E-state index in [4.69, 9.17) is 14.2 Å². The minimum absolute atomic E-state index is 0.00708. The van der Waals surface area contributed by atoms with Gasteiger partial charge >= 0.3 is 24.1 Å². The number of rotatable bonds is 13. The molecule has 0 aromatic heterocycles. The lowest BCUT2D eigenvalue weighted by molar-refractivity contribution is -0.182. The second-order valence-electron chi connectivity index (χ2n) is 11.6. The normalized spacial score (nSPS) is 11.5. The van der Waals surface area contributed by atoms with Gasteiger partial charge in [-0.15, -0.1) is 0 Å². The summed E-state index contributed by atoms with van der Waals surface area (Å²) in [5.41, 5.74) is -1.32. The summed E-state index contributed by atoms with van der Waals surface area (Å²) >= 11 is 0. The van der Waals surface area contributed by atoms with Crippen LogP contribution in [0.4, 0.5) is 18.9 Å². The quantitative estimate of drug-likeness (QED) is 0.128. The average molecular weight is 685 g/mol. The molecule has 10 nitrogen and oxygen atoms in total. The van der Waals surface area contributed by atoms with Crippen molar-refractivity contribution in [2.45, 2.75) is 40.3 Å². The molecule has 0 atom stereocenters. The van der Waals surface area contributed by atoms with Crippen molar-refractivity contribution >= 4 is 35.4 Å². The van der Waals surface area contributed by atoms with Crippen molar-refractivity contribution in [3.63, 3.8) is 0 Å². The number of carbonyl (C=O) groups is 5. The number of alkyl halides is 3. The number of esters is 3. The van der Waals surface area contributed by atoms with Crippen LogP contribution in [-0.4, -0.2) is 68.5 Å². The summed E-state index contributed by atoms with van der Waals surface area (Å²) in [4.78, 5) is 66.8. The van der Waals surface area contributed by atoms with Crippen molar-refractivity contribution in [3.05, 3.63) is 89.0 Å². The Morgan fingerprint density at radius 2 is 1.39 bits per heavy atom. The van der Waals surface area contributed by atoms with Gasteiger partial charge in [0, 0.05) is 19.7 Å². The van der Waals surface area contributed by atoms with Crippen molar-refractivity contribution in [2.24, 2.45) is 11.3 Å². The maximum Gasteiger partial charge on any atom is 0.416 e. The Morgan fingerprint density at radius 1 is 0.796 bits per heavy atom. The number of halogens is 3. The SMILES string of the molecule is CCOC(=O)C(COC(=O)Cc1ccc(NC(=O)c2ccccc2-c2ccc(C(F)(F)F)cc2)c(C(=O)N(C)C)c1)(C(=O)OCC)C(C)C. The zero-order valence-corrected chi connectivity index (χ0v) is 28.1. The number of ether oxygens (including phenoxy) is 3. The zero-order valence-electron chi connectivity index (χ0n) is 28.1. The molecule has 3 rings (SSSR count). The van der Waals surface area contributed by atoms with Crippen LogP contribution in [0.15, 0.2) is 66.7 Å². The highest BCUT2D eigenvalue weighted by Crippen LogP contribution is 2.34. The molecule has 49 heavy (non-hydrogen) atoms. The van der Waals surface area contributed by atoms with E-state index in [0.717, 1.165) is 12.1 Å². The number of benzene rings is 3. The number of hydrogen-bond acceptors (Lipinski definition) is 8. The van der Waals surface area contributed by atoms with Crippen LogP contribution in [0.25, 0.3) is 11.1 Å². The van der Waals surface area contributed by atoms with Gasteiger partial charge < -0.3 is 24.4 Å². The molecular weight excluding hydrogens is 645 g/mol. The van der Waals surface area contributed by atoms with E-state index in [-0.39, 0.29) is 36.4 Å². The molecule has 0 aliphatic carbocycles. The summed E-state index contributed by atoms with van der Waals surface area (Å²) in [6.45, 7) is 5.73. The van der Waals surface area contributed by atoms with Gasteiger partial charge in [0.1, 0.15) is 6.61 Å². The van der Waals surface area contributed by atoms with Crippen molar-refractivity contribution in [2.75, 3.05) is 39.2 Å². The van der Waals surface area contributed by atoms with E-state index in [0.29, 0.717) is 16.7 Å². The van der Waals surface area contributed by atoms with Gasteiger partial charge in [0.25, 0.3) is 11.8 Å². The predicted octanol–water partition coefficient (Wildman–Crippen LogP) is 6.18. The summed E-state index contributed by atoms with van der Waals surface area (Å²) in [7, 11) is 3.01. The summed E-state index contributed by atoms with van der Waals surface area (Å²) in [6, 6.07) is 15.1. The minimum Gasteiger partial charge on any atom is -0.465 e. The molecule has 0 heterocycles. The fraction of sp³-hybridized carbons (Fsp3) is 0.361. The fourth-order valence-electron chi connectivity index (χ4n) is 4.96. The third-order valence-electron chi connectivity index (χ3n) is 7.74. The van der Waals surface area contributed by atoms with Crippen LogP contribution in [0.2, 0.25) is 0 Å². The van der Waals surface area contributed by atoms with Crippen LogP contribution in [0.5, 0.6) is 0 Å². The third-order valence-corrected chi connectivity index (χ3v) is 7.74. The van der Waals surface area contributed by atoms with Crippen LogP contribution < -0.4 is 5.32 Å². The van der Waals surface area contributed by atoms with E-state index < -0.39 is 59.4 Å². The van der Waals surface area contributed by atoms with Crippen LogP contribution in [0.1, 0.15) is 59.5 Å². The third kappa shape index (κ3) is 9.04. The molecular formula is C36H39F3N2O8. The molecule has 0 fully saturated rings. The Hall–Kier alpha value is -5.20. The highest BCUT2D eigenvalue weighted by Gasteiger charge is 2.53. The Labute approximate surface area is 282 Å². The van der Waals surface area contributed by atoms with Gasteiger partial charge in [-0.3, -0.25) is 24.0 Å². The lowest BCUT2D eigenvalue weighted by atomic mass is 9.77. The van der Waals surface area contributed by atoms with Gasteiger partial charge in [-0.1, -0.05) is 50.2 Å². The largest absolute Gasteiger partial charge is 0.465 e. The molecule has 0 radical (unpaired) electrons. The van der Waals surface area contributed by atoms with E-state index in [2.05, 4.69) is 5.32 Å². The molecule has 262 valence electrons. The molecule has 13 heteroatoms. The average Bonchev–Trinajstić information content (AvgIpc) is 3.05. The molecule has 0 aliphatic rings. The number of hydrogen-bond donors (Lipinski definition) is 1. The maximum atomic E-state index is 13.5. The van der Waals surface area contributed by atoms with Crippen LogP contribution >= 0.6 is 0 Å². The molecule has 0 bridgehead atoms. The molecule has 0 saturated heterocycles. The van der Waals surface area contributed by atoms with Gasteiger partial charge in [-0.25, -0.2) is 0 Å². The lowest BCUT2D eigenvalue weighted by Crippen LogP contribution is -2.50. The van der Waals surface area contributed by atoms with Crippen LogP contribution in [0.3, 0.4) is 0 Å². The van der Waals surface area contributed by atoms with Crippen LogP contribution in [0, 0.1) is 11.3 Å². The second kappa shape index (κ2) is 16.3. The van der Waals surface area contributed by atoms with Crippen molar-refractivity contribution in [1.82, 2.24) is 4.90 Å². The molecule has 3 aromatic carbocycles. The van der Waals surface area contributed by atoms with E-state index in [1.165, 1.54) is 55.4 Å². The van der Waals surface area contributed by atoms with E-state index >= 15 is 0 Å². The van der Waals surface area contributed by atoms with Gasteiger partial charge in [0.15, 0.2) is 0 Å². The Kier molecular flexibility index (Phi) is 12.7. The highest BCUT2D eigenvalue weighted by molar-refractivity contribution is 6.12. The molecule has 0 saturated carbocycles. The number of nitrogens with one attached hydrogen (secondary N) is 1. The van der Waals surface area contributed by atoms with Crippen LogP contribution in [-0.2, 0) is 41.2 Å². The van der Waals surface area contributed by atoms with Gasteiger partial charge in [0.2, 0.25) is 5.41 Å². The second-order valence-corrected chi connectivity index (χ2v) is 11.6. The first-order valence-electron chi connectivity index (χ1n) is 15.5. The first-order chi connectivity index (χ1) is 23.1. The van der Waals surface area contributed by atoms with Crippen molar-refractivity contribution in [3.8, 4) is 11.1 Å². The summed E-state index contributed by atoms with van der Waals surface area (Å²) in [6.07, 6.45) is -4.86. The number of carbonyl (C=O) groups excluding carboxylic acids is 5. The summed E-state index contributed by atoms with van der Waals surface area (Å²) < 4.78 is 55.0. The number of anilines is 1. The Bertz CT molecular complexity index is 1670. The highest BCUT2D eigenvalue weighted by atomic mass is 19.4. The Morgan fingerprint density at radius 3 is 1.92 bits per heavy atom. The predicted molar refractivity (Wildman–Crippen MR) is 174 cm³/mol. The molecule has 1 N–H and O–H groups in total. The first kappa shape index (κ1) is 38.2. The molecule has 2 amide bonds. The molecule has 0 spiro atoms. The van der Waals surface area contributed by atoms with E-state index in [9.17, 15) is 37.1 Å². The molecule has 3 aromatic rings.